The smallest absolute Gasteiger partial charge is 0.222 e. The van der Waals surface area contributed by atoms with Gasteiger partial charge in [-0.05, 0) is 29.1 Å². The molecular formula is C13H13ClN2. The quantitative estimate of drug-likeness (QED) is 0.734. The van der Waals surface area contributed by atoms with Crippen LogP contribution in [-0.2, 0) is 0 Å². The molecule has 1 heterocycles. The van der Waals surface area contributed by atoms with E-state index in [2.05, 4.69) is 48.1 Å². The second kappa shape index (κ2) is 4.62. The van der Waals surface area contributed by atoms with E-state index in [1.165, 1.54) is 5.56 Å². The third-order valence-corrected chi connectivity index (χ3v) is 2.68. The molecule has 0 aliphatic rings. The zero-order valence-corrected chi connectivity index (χ0v) is 10.1. The molecule has 1 aromatic heterocycles. The van der Waals surface area contributed by atoms with Gasteiger partial charge in [-0.3, -0.25) is 0 Å². The number of hydrogen-bond acceptors (Lipinski definition) is 2. The summed E-state index contributed by atoms with van der Waals surface area (Å²) in [5.74, 6) is 0.544. The van der Waals surface area contributed by atoms with Crippen molar-refractivity contribution < 1.29 is 0 Å². The van der Waals surface area contributed by atoms with Crippen LogP contribution in [0.4, 0.5) is 0 Å². The minimum atomic E-state index is 0.283. The zero-order chi connectivity index (χ0) is 11.5. The summed E-state index contributed by atoms with van der Waals surface area (Å²) in [6, 6.07) is 10.2. The molecule has 2 rings (SSSR count). The molecule has 0 atom stereocenters. The molecule has 2 nitrogen and oxygen atoms in total. The Kier molecular flexibility index (Phi) is 3.20. The van der Waals surface area contributed by atoms with Crippen molar-refractivity contribution in [3.63, 3.8) is 0 Å². The van der Waals surface area contributed by atoms with Crippen molar-refractivity contribution in [1.29, 1.82) is 0 Å². The molecule has 0 radical (unpaired) electrons. The molecule has 1 aromatic carbocycles. The lowest BCUT2D eigenvalue weighted by Gasteiger charge is -2.06. The molecule has 0 bridgehead atoms. The maximum absolute atomic E-state index is 5.75. The molecule has 0 saturated carbocycles. The molecule has 0 aliphatic heterocycles. The van der Waals surface area contributed by atoms with Gasteiger partial charge in [0.1, 0.15) is 0 Å². The first kappa shape index (κ1) is 11.1. The van der Waals surface area contributed by atoms with E-state index in [0.717, 1.165) is 11.3 Å². The van der Waals surface area contributed by atoms with Gasteiger partial charge in [-0.15, -0.1) is 0 Å². The number of nitrogens with zero attached hydrogens (tertiary/aromatic N) is 2. The first-order chi connectivity index (χ1) is 7.66. The Morgan fingerprint density at radius 1 is 1.06 bits per heavy atom. The predicted molar refractivity (Wildman–Crippen MR) is 66.6 cm³/mol. The third kappa shape index (κ3) is 2.39. The van der Waals surface area contributed by atoms with Crippen molar-refractivity contribution >= 4 is 11.6 Å². The Hall–Kier alpha value is -1.41. The van der Waals surface area contributed by atoms with E-state index in [1.54, 1.807) is 6.20 Å². The summed E-state index contributed by atoms with van der Waals surface area (Å²) in [6.07, 6.45) is 1.67. The monoisotopic (exact) mass is 232 g/mol. The average Bonchev–Trinajstić information content (AvgIpc) is 2.29. The number of hydrogen-bond donors (Lipinski definition) is 0. The van der Waals surface area contributed by atoms with Crippen molar-refractivity contribution in [2.75, 3.05) is 0 Å². The van der Waals surface area contributed by atoms with Gasteiger partial charge < -0.3 is 0 Å². The van der Waals surface area contributed by atoms with Crippen molar-refractivity contribution in [3.05, 3.63) is 47.4 Å². The molecule has 82 valence electrons. The van der Waals surface area contributed by atoms with Gasteiger partial charge in [0.2, 0.25) is 5.28 Å². The normalized spacial score (nSPS) is 10.8. The SMILES string of the molecule is CC(C)c1ccc(-c2ccnc(Cl)n2)cc1. The van der Waals surface area contributed by atoms with Crippen LogP contribution in [0.5, 0.6) is 0 Å². The Bertz CT molecular complexity index is 478. The molecule has 0 aliphatic carbocycles. The van der Waals surface area contributed by atoms with Crippen LogP contribution >= 0.6 is 11.6 Å². The predicted octanol–water partition coefficient (Wildman–Crippen LogP) is 3.92. The van der Waals surface area contributed by atoms with E-state index in [-0.39, 0.29) is 5.28 Å². The van der Waals surface area contributed by atoms with Gasteiger partial charge >= 0.3 is 0 Å². The van der Waals surface area contributed by atoms with Crippen LogP contribution in [0, 0.1) is 0 Å². The van der Waals surface area contributed by atoms with E-state index in [4.69, 9.17) is 11.6 Å². The highest BCUT2D eigenvalue weighted by Crippen LogP contribution is 2.21. The summed E-state index contributed by atoms with van der Waals surface area (Å²) in [5.41, 5.74) is 3.24. The summed E-state index contributed by atoms with van der Waals surface area (Å²) in [7, 11) is 0. The Balaban J connectivity index is 2.35. The fourth-order valence-electron chi connectivity index (χ4n) is 1.53. The Labute approximate surface area is 100 Å². The molecule has 16 heavy (non-hydrogen) atoms. The first-order valence-electron chi connectivity index (χ1n) is 5.25. The van der Waals surface area contributed by atoms with Gasteiger partial charge in [0, 0.05) is 11.8 Å². The van der Waals surface area contributed by atoms with Crippen LogP contribution in [0.2, 0.25) is 5.28 Å². The number of benzene rings is 1. The molecule has 0 N–H and O–H groups in total. The van der Waals surface area contributed by atoms with E-state index in [0.29, 0.717) is 5.92 Å². The highest BCUT2D eigenvalue weighted by molar-refractivity contribution is 6.28. The van der Waals surface area contributed by atoms with Gasteiger partial charge in [-0.2, -0.15) is 0 Å². The fourth-order valence-corrected chi connectivity index (χ4v) is 1.68. The van der Waals surface area contributed by atoms with Gasteiger partial charge in [0.15, 0.2) is 0 Å². The molecule has 0 unspecified atom stereocenters. The summed E-state index contributed by atoms with van der Waals surface area (Å²) in [6.45, 7) is 4.35. The summed E-state index contributed by atoms with van der Waals surface area (Å²) in [4.78, 5) is 8.04. The van der Waals surface area contributed by atoms with Crippen molar-refractivity contribution in [2.24, 2.45) is 0 Å². The first-order valence-corrected chi connectivity index (χ1v) is 5.63. The van der Waals surface area contributed by atoms with E-state index in [9.17, 15) is 0 Å². The number of aromatic nitrogens is 2. The Morgan fingerprint density at radius 2 is 1.75 bits per heavy atom. The molecule has 0 fully saturated rings. The van der Waals surface area contributed by atoms with E-state index < -0.39 is 0 Å². The molecule has 3 heteroatoms. The van der Waals surface area contributed by atoms with E-state index >= 15 is 0 Å². The summed E-state index contributed by atoms with van der Waals surface area (Å²) < 4.78 is 0. The standard InChI is InChI=1S/C13H13ClN2/c1-9(2)10-3-5-11(6-4-10)12-7-8-15-13(14)16-12/h3-9H,1-2H3. The molecule has 0 spiro atoms. The van der Waals surface area contributed by atoms with Gasteiger partial charge in [0.05, 0.1) is 5.69 Å². The highest BCUT2D eigenvalue weighted by atomic mass is 35.5. The van der Waals surface area contributed by atoms with Crippen LogP contribution in [0.25, 0.3) is 11.3 Å². The number of rotatable bonds is 2. The van der Waals surface area contributed by atoms with Crippen LogP contribution < -0.4 is 0 Å². The number of halogens is 1. The maximum atomic E-state index is 5.75. The highest BCUT2D eigenvalue weighted by Gasteiger charge is 2.02. The lowest BCUT2D eigenvalue weighted by Crippen LogP contribution is -1.89. The third-order valence-electron chi connectivity index (χ3n) is 2.50. The average molecular weight is 233 g/mol. The van der Waals surface area contributed by atoms with Crippen LogP contribution in [0.3, 0.4) is 0 Å². The maximum Gasteiger partial charge on any atom is 0.222 e. The molecular weight excluding hydrogens is 220 g/mol. The minimum absolute atomic E-state index is 0.283. The summed E-state index contributed by atoms with van der Waals surface area (Å²) >= 11 is 5.75. The molecule has 2 aromatic rings. The van der Waals surface area contributed by atoms with Gasteiger partial charge in [0.25, 0.3) is 0 Å². The van der Waals surface area contributed by atoms with Crippen LogP contribution in [0.15, 0.2) is 36.5 Å². The fraction of sp³-hybridized carbons (Fsp3) is 0.231. The minimum Gasteiger partial charge on any atom is -0.226 e. The molecule has 0 amide bonds. The lowest BCUT2D eigenvalue weighted by atomic mass is 10.0. The molecule has 0 saturated heterocycles. The largest absolute Gasteiger partial charge is 0.226 e. The van der Waals surface area contributed by atoms with Crippen molar-refractivity contribution in [2.45, 2.75) is 19.8 Å². The second-order valence-electron chi connectivity index (χ2n) is 3.99. The topological polar surface area (TPSA) is 25.8 Å². The van der Waals surface area contributed by atoms with Crippen molar-refractivity contribution in [1.82, 2.24) is 9.97 Å². The van der Waals surface area contributed by atoms with E-state index in [1.807, 2.05) is 6.07 Å². The van der Waals surface area contributed by atoms with Gasteiger partial charge in [-0.25, -0.2) is 9.97 Å². The Morgan fingerprint density at radius 3 is 2.31 bits per heavy atom. The van der Waals surface area contributed by atoms with Crippen LogP contribution in [-0.4, -0.2) is 9.97 Å². The van der Waals surface area contributed by atoms with Gasteiger partial charge in [-0.1, -0.05) is 38.1 Å². The van der Waals surface area contributed by atoms with Crippen molar-refractivity contribution in [3.8, 4) is 11.3 Å². The zero-order valence-electron chi connectivity index (χ0n) is 9.31. The summed E-state index contributed by atoms with van der Waals surface area (Å²) in [5, 5.41) is 0.283. The lowest BCUT2D eigenvalue weighted by molar-refractivity contribution is 0.867. The van der Waals surface area contributed by atoms with Crippen LogP contribution in [0.1, 0.15) is 25.3 Å². The second-order valence-corrected chi connectivity index (χ2v) is 4.33.